The van der Waals surface area contributed by atoms with Crippen LogP contribution >= 0.6 is 15.9 Å². The minimum Gasteiger partial charge on any atom is -0.497 e. The van der Waals surface area contributed by atoms with Crippen molar-refractivity contribution in [2.24, 2.45) is 0 Å². The van der Waals surface area contributed by atoms with Crippen LogP contribution in [-0.4, -0.2) is 52.4 Å². The van der Waals surface area contributed by atoms with E-state index in [0.29, 0.717) is 30.3 Å². The van der Waals surface area contributed by atoms with E-state index in [1.807, 2.05) is 24.3 Å². The molecule has 0 saturated carbocycles. The Balaban J connectivity index is 1.63. The first-order valence-corrected chi connectivity index (χ1v) is 10.9. The third-order valence-electron chi connectivity index (χ3n) is 4.45. The molecule has 2 aromatic carbocycles. The molecule has 7 heteroatoms. The molecule has 1 aliphatic rings. The molecule has 1 aliphatic heterocycles. The predicted octanol–water partition coefficient (Wildman–Crippen LogP) is 3.30. The Labute approximate surface area is 163 Å². The first-order chi connectivity index (χ1) is 12.5. The standard InChI is InChI=1S/C19H22BrNO4S/c1-24-17-6-3-7-18(13-17)26(22,23)11-9-21-8-10-25-19(14-21)15-4-2-5-16(20)12-15/h2-7,12-13,19H,8-11,14H2,1H3. The summed E-state index contributed by atoms with van der Waals surface area (Å²) in [4.78, 5) is 2.45. The summed E-state index contributed by atoms with van der Waals surface area (Å²) < 4.78 is 37.2. The number of sulfone groups is 1. The Bertz CT molecular complexity index is 856. The molecule has 0 amide bonds. The van der Waals surface area contributed by atoms with Gasteiger partial charge in [-0.05, 0) is 35.9 Å². The maximum Gasteiger partial charge on any atom is 0.179 e. The zero-order valence-electron chi connectivity index (χ0n) is 14.6. The van der Waals surface area contributed by atoms with Gasteiger partial charge in [-0.15, -0.1) is 0 Å². The summed E-state index contributed by atoms with van der Waals surface area (Å²) >= 11 is 3.48. The number of methoxy groups -OCH3 is 1. The number of morpholine rings is 1. The Morgan fingerprint density at radius 2 is 2.04 bits per heavy atom. The molecule has 1 unspecified atom stereocenters. The fourth-order valence-electron chi connectivity index (χ4n) is 2.98. The lowest BCUT2D eigenvalue weighted by atomic mass is 10.1. The van der Waals surface area contributed by atoms with Crippen LogP contribution in [0, 0.1) is 0 Å². The molecule has 0 radical (unpaired) electrons. The molecular formula is C19H22BrNO4S. The van der Waals surface area contributed by atoms with Gasteiger partial charge in [0.1, 0.15) is 5.75 Å². The van der Waals surface area contributed by atoms with Crippen LogP contribution in [0.3, 0.4) is 0 Å². The molecule has 26 heavy (non-hydrogen) atoms. The predicted molar refractivity (Wildman–Crippen MR) is 104 cm³/mol. The van der Waals surface area contributed by atoms with Crippen LogP contribution in [-0.2, 0) is 14.6 Å². The lowest BCUT2D eigenvalue weighted by Gasteiger charge is -2.33. The lowest BCUT2D eigenvalue weighted by molar-refractivity contribution is -0.0279. The number of hydrogen-bond acceptors (Lipinski definition) is 5. The first-order valence-electron chi connectivity index (χ1n) is 8.44. The van der Waals surface area contributed by atoms with Gasteiger partial charge in [0.05, 0.1) is 30.5 Å². The van der Waals surface area contributed by atoms with Crippen LogP contribution in [0.1, 0.15) is 11.7 Å². The van der Waals surface area contributed by atoms with Crippen molar-refractivity contribution in [3.05, 3.63) is 58.6 Å². The molecule has 2 aromatic rings. The number of rotatable bonds is 6. The van der Waals surface area contributed by atoms with Gasteiger partial charge in [0.25, 0.3) is 0 Å². The van der Waals surface area contributed by atoms with Crippen LogP contribution in [0.4, 0.5) is 0 Å². The quantitative estimate of drug-likeness (QED) is 0.690. The van der Waals surface area contributed by atoms with Crippen LogP contribution in [0.2, 0.25) is 0 Å². The largest absolute Gasteiger partial charge is 0.497 e. The monoisotopic (exact) mass is 439 g/mol. The molecule has 1 atom stereocenters. The van der Waals surface area contributed by atoms with Gasteiger partial charge in [-0.3, -0.25) is 4.90 Å². The molecule has 3 rings (SSSR count). The maximum absolute atomic E-state index is 12.6. The summed E-state index contributed by atoms with van der Waals surface area (Å²) in [6.45, 7) is 2.49. The molecule has 0 aromatic heterocycles. The van der Waals surface area contributed by atoms with Crippen LogP contribution in [0.5, 0.6) is 5.75 Å². The minimum atomic E-state index is -3.35. The van der Waals surface area contributed by atoms with Crippen molar-refractivity contribution in [3.63, 3.8) is 0 Å². The van der Waals surface area contributed by atoms with Crippen molar-refractivity contribution in [2.75, 3.05) is 39.1 Å². The average Bonchev–Trinajstić information content (AvgIpc) is 2.67. The summed E-state index contributed by atoms with van der Waals surface area (Å²) in [5.74, 6) is 0.623. The molecule has 1 saturated heterocycles. The van der Waals surface area contributed by atoms with Crippen molar-refractivity contribution in [1.29, 1.82) is 0 Å². The molecule has 0 N–H and O–H groups in total. The SMILES string of the molecule is COc1cccc(S(=O)(=O)CCN2CCOC(c3cccc(Br)c3)C2)c1. The zero-order chi connectivity index (χ0) is 18.6. The van der Waals surface area contributed by atoms with Gasteiger partial charge in [0.15, 0.2) is 9.84 Å². The molecule has 1 heterocycles. The third kappa shape index (κ3) is 4.85. The van der Waals surface area contributed by atoms with Gasteiger partial charge in [0.2, 0.25) is 0 Å². The fourth-order valence-corrected chi connectivity index (χ4v) is 4.71. The molecule has 5 nitrogen and oxygen atoms in total. The van der Waals surface area contributed by atoms with Gasteiger partial charge in [-0.1, -0.05) is 34.1 Å². The highest BCUT2D eigenvalue weighted by Gasteiger charge is 2.24. The Hall–Kier alpha value is -1.41. The zero-order valence-corrected chi connectivity index (χ0v) is 17.0. The van der Waals surface area contributed by atoms with Crippen molar-refractivity contribution in [3.8, 4) is 5.75 Å². The minimum absolute atomic E-state index is 0.0410. The second kappa shape index (κ2) is 8.52. The van der Waals surface area contributed by atoms with Gasteiger partial charge < -0.3 is 9.47 Å². The van der Waals surface area contributed by atoms with E-state index in [-0.39, 0.29) is 11.9 Å². The van der Waals surface area contributed by atoms with E-state index in [4.69, 9.17) is 9.47 Å². The molecule has 140 valence electrons. The summed E-state index contributed by atoms with van der Waals surface area (Å²) in [5, 5.41) is 0. The van der Waals surface area contributed by atoms with Crippen molar-refractivity contribution < 1.29 is 17.9 Å². The van der Waals surface area contributed by atoms with Crippen molar-refractivity contribution >= 4 is 25.8 Å². The Kier molecular flexibility index (Phi) is 6.34. The number of halogens is 1. The molecule has 1 fully saturated rings. The summed E-state index contributed by atoms with van der Waals surface area (Å²) in [7, 11) is -1.82. The van der Waals surface area contributed by atoms with Crippen LogP contribution < -0.4 is 4.74 Å². The van der Waals surface area contributed by atoms with E-state index in [1.54, 1.807) is 24.3 Å². The average molecular weight is 440 g/mol. The lowest BCUT2D eigenvalue weighted by Crippen LogP contribution is -2.40. The molecular weight excluding hydrogens is 418 g/mol. The van der Waals surface area contributed by atoms with Gasteiger partial charge in [0, 0.05) is 24.1 Å². The Morgan fingerprint density at radius 1 is 1.23 bits per heavy atom. The van der Waals surface area contributed by atoms with Crippen LogP contribution in [0.15, 0.2) is 57.9 Å². The number of hydrogen-bond donors (Lipinski definition) is 0. The second-order valence-electron chi connectivity index (χ2n) is 6.21. The highest BCUT2D eigenvalue weighted by Crippen LogP contribution is 2.25. The molecule has 0 spiro atoms. The fraction of sp³-hybridized carbons (Fsp3) is 0.368. The first kappa shape index (κ1) is 19.4. The Morgan fingerprint density at radius 3 is 2.81 bits per heavy atom. The number of benzene rings is 2. The van der Waals surface area contributed by atoms with Crippen molar-refractivity contribution in [1.82, 2.24) is 4.90 Å². The smallest absolute Gasteiger partial charge is 0.179 e. The normalized spacial score (nSPS) is 18.6. The highest BCUT2D eigenvalue weighted by molar-refractivity contribution is 9.10. The van der Waals surface area contributed by atoms with E-state index >= 15 is 0 Å². The number of nitrogens with zero attached hydrogens (tertiary/aromatic N) is 1. The topological polar surface area (TPSA) is 55.8 Å². The van der Waals surface area contributed by atoms with Gasteiger partial charge in [-0.2, -0.15) is 0 Å². The van der Waals surface area contributed by atoms with Crippen LogP contribution in [0.25, 0.3) is 0 Å². The summed E-state index contributed by atoms with van der Waals surface area (Å²) in [6, 6.07) is 14.7. The number of ether oxygens (including phenoxy) is 2. The molecule has 0 aliphatic carbocycles. The van der Waals surface area contributed by atoms with E-state index < -0.39 is 9.84 Å². The van der Waals surface area contributed by atoms with Gasteiger partial charge in [-0.25, -0.2) is 8.42 Å². The second-order valence-corrected chi connectivity index (χ2v) is 9.24. The summed E-state index contributed by atoms with van der Waals surface area (Å²) in [5.41, 5.74) is 1.10. The van der Waals surface area contributed by atoms with E-state index in [9.17, 15) is 8.42 Å². The van der Waals surface area contributed by atoms with E-state index in [0.717, 1.165) is 16.6 Å². The third-order valence-corrected chi connectivity index (χ3v) is 6.63. The van der Waals surface area contributed by atoms with Crippen molar-refractivity contribution in [2.45, 2.75) is 11.0 Å². The highest BCUT2D eigenvalue weighted by atomic mass is 79.9. The summed E-state index contributed by atoms with van der Waals surface area (Å²) in [6.07, 6.45) is -0.0410. The van der Waals surface area contributed by atoms with Gasteiger partial charge >= 0.3 is 0 Å². The van der Waals surface area contributed by atoms with E-state index in [2.05, 4.69) is 20.8 Å². The maximum atomic E-state index is 12.6. The molecule has 0 bridgehead atoms. The van der Waals surface area contributed by atoms with E-state index in [1.165, 1.54) is 7.11 Å².